The van der Waals surface area contributed by atoms with E-state index in [1.165, 1.54) is 12.1 Å². The SMILES string of the molecule is NC(=O)c1cc(N)cc(Cl)c1Nc1cccc(Cl)c1Br. The van der Waals surface area contributed by atoms with Crippen LogP contribution in [0, 0.1) is 0 Å². The van der Waals surface area contributed by atoms with Crippen LogP contribution in [0.5, 0.6) is 0 Å². The Kier molecular flexibility index (Phi) is 4.42. The van der Waals surface area contributed by atoms with Crippen LogP contribution in [0.25, 0.3) is 0 Å². The maximum absolute atomic E-state index is 11.5. The van der Waals surface area contributed by atoms with Crippen molar-refractivity contribution in [2.75, 3.05) is 11.1 Å². The average molecular weight is 375 g/mol. The average Bonchev–Trinajstić information content (AvgIpc) is 2.37. The second-order valence-corrected chi connectivity index (χ2v) is 5.62. The zero-order valence-corrected chi connectivity index (χ0v) is 13.2. The van der Waals surface area contributed by atoms with E-state index in [0.29, 0.717) is 31.6 Å². The second-order valence-electron chi connectivity index (χ2n) is 4.02. The van der Waals surface area contributed by atoms with E-state index in [2.05, 4.69) is 21.2 Å². The summed E-state index contributed by atoms with van der Waals surface area (Å²) >= 11 is 15.5. The molecule has 0 aliphatic carbocycles. The molecule has 0 unspecified atom stereocenters. The van der Waals surface area contributed by atoms with Crippen molar-refractivity contribution in [3.63, 3.8) is 0 Å². The van der Waals surface area contributed by atoms with Crippen molar-refractivity contribution in [1.29, 1.82) is 0 Å². The summed E-state index contributed by atoms with van der Waals surface area (Å²) < 4.78 is 0.657. The molecule has 2 aromatic carbocycles. The highest BCUT2D eigenvalue weighted by Crippen LogP contribution is 2.36. The minimum absolute atomic E-state index is 0.210. The number of benzene rings is 2. The molecule has 0 atom stereocenters. The topological polar surface area (TPSA) is 81.1 Å². The number of primary amides is 1. The first-order valence-corrected chi connectivity index (χ1v) is 7.05. The molecular formula is C13H10BrCl2N3O. The molecule has 0 fully saturated rings. The highest BCUT2D eigenvalue weighted by Gasteiger charge is 2.15. The zero-order chi connectivity index (χ0) is 14.9. The van der Waals surface area contributed by atoms with Gasteiger partial charge in [-0.05, 0) is 40.2 Å². The van der Waals surface area contributed by atoms with Gasteiger partial charge in [-0.3, -0.25) is 4.79 Å². The Morgan fingerprint density at radius 3 is 2.55 bits per heavy atom. The fourth-order valence-corrected chi connectivity index (χ4v) is 2.50. The number of nitrogen functional groups attached to an aromatic ring is 1. The smallest absolute Gasteiger partial charge is 0.250 e. The second kappa shape index (κ2) is 5.91. The van der Waals surface area contributed by atoms with Crippen LogP contribution >= 0.6 is 39.1 Å². The molecule has 104 valence electrons. The van der Waals surface area contributed by atoms with Crippen molar-refractivity contribution in [3.05, 3.63) is 50.4 Å². The van der Waals surface area contributed by atoms with Crippen LogP contribution in [0.4, 0.5) is 17.1 Å². The molecule has 0 spiro atoms. The van der Waals surface area contributed by atoms with Crippen molar-refractivity contribution in [3.8, 4) is 0 Å². The maximum Gasteiger partial charge on any atom is 0.250 e. The fraction of sp³-hybridized carbons (Fsp3) is 0. The van der Waals surface area contributed by atoms with Gasteiger partial charge in [0.25, 0.3) is 5.91 Å². The van der Waals surface area contributed by atoms with Gasteiger partial charge in [0.1, 0.15) is 0 Å². The van der Waals surface area contributed by atoms with Gasteiger partial charge in [0.15, 0.2) is 0 Å². The maximum atomic E-state index is 11.5. The Bertz CT molecular complexity index is 692. The first-order chi connectivity index (χ1) is 9.40. The van der Waals surface area contributed by atoms with Crippen molar-refractivity contribution < 1.29 is 4.79 Å². The molecule has 0 saturated heterocycles. The number of rotatable bonds is 3. The van der Waals surface area contributed by atoms with E-state index in [4.69, 9.17) is 34.7 Å². The van der Waals surface area contributed by atoms with Gasteiger partial charge in [-0.2, -0.15) is 0 Å². The van der Waals surface area contributed by atoms with Gasteiger partial charge < -0.3 is 16.8 Å². The minimum atomic E-state index is -0.625. The van der Waals surface area contributed by atoms with E-state index in [-0.39, 0.29) is 5.56 Å². The largest absolute Gasteiger partial charge is 0.399 e. The number of nitrogens with two attached hydrogens (primary N) is 2. The summed E-state index contributed by atoms with van der Waals surface area (Å²) in [5.41, 5.74) is 12.6. The highest BCUT2D eigenvalue weighted by molar-refractivity contribution is 9.10. The Morgan fingerprint density at radius 1 is 1.20 bits per heavy atom. The first-order valence-electron chi connectivity index (χ1n) is 5.50. The lowest BCUT2D eigenvalue weighted by molar-refractivity contribution is 0.100. The number of nitrogens with one attached hydrogen (secondary N) is 1. The van der Waals surface area contributed by atoms with Gasteiger partial charge in [0.05, 0.1) is 31.5 Å². The van der Waals surface area contributed by atoms with Crippen LogP contribution in [0.15, 0.2) is 34.8 Å². The monoisotopic (exact) mass is 373 g/mol. The summed E-state index contributed by atoms with van der Waals surface area (Å²) in [5.74, 6) is -0.625. The van der Waals surface area contributed by atoms with Gasteiger partial charge in [0.2, 0.25) is 0 Å². The molecule has 4 nitrogen and oxygen atoms in total. The summed E-state index contributed by atoms with van der Waals surface area (Å²) in [6.07, 6.45) is 0. The van der Waals surface area contributed by atoms with E-state index >= 15 is 0 Å². The third-order valence-electron chi connectivity index (χ3n) is 2.59. The van der Waals surface area contributed by atoms with E-state index in [1.54, 1.807) is 18.2 Å². The van der Waals surface area contributed by atoms with Crippen LogP contribution in [0.3, 0.4) is 0 Å². The molecule has 0 saturated carbocycles. The van der Waals surface area contributed by atoms with Gasteiger partial charge >= 0.3 is 0 Å². The van der Waals surface area contributed by atoms with E-state index in [1.807, 2.05) is 0 Å². The number of carbonyl (C=O) groups is 1. The summed E-state index contributed by atoms with van der Waals surface area (Å²) in [4.78, 5) is 11.5. The van der Waals surface area contributed by atoms with Crippen molar-refractivity contribution in [2.45, 2.75) is 0 Å². The van der Waals surface area contributed by atoms with E-state index in [0.717, 1.165) is 0 Å². The number of halogens is 3. The van der Waals surface area contributed by atoms with Gasteiger partial charge in [0, 0.05) is 5.69 Å². The molecule has 7 heteroatoms. The number of amides is 1. The Labute approximate surface area is 134 Å². The fourth-order valence-electron chi connectivity index (χ4n) is 1.68. The van der Waals surface area contributed by atoms with Crippen LogP contribution in [0.1, 0.15) is 10.4 Å². The molecule has 0 radical (unpaired) electrons. The predicted molar refractivity (Wildman–Crippen MR) is 86.8 cm³/mol. The minimum Gasteiger partial charge on any atom is -0.399 e. The molecule has 0 aromatic heterocycles. The van der Waals surface area contributed by atoms with Crippen LogP contribution in [0.2, 0.25) is 10.0 Å². The molecule has 0 aliphatic rings. The molecule has 2 rings (SSSR count). The standard InChI is InChI=1S/C13H10BrCl2N3O/c14-11-8(15)2-1-3-10(11)19-12-7(13(18)20)4-6(17)5-9(12)16/h1-5,19H,17H2,(H2,18,20). The van der Waals surface area contributed by atoms with Crippen molar-refractivity contribution >= 4 is 62.1 Å². The summed E-state index contributed by atoms with van der Waals surface area (Å²) in [7, 11) is 0. The zero-order valence-electron chi connectivity index (χ0n) is 10.1. The molecule has 0 bridgehead atoms. The molecule has 0 heterocycles. The van der Waals surface area contributed by atoms with Gasteiger partial charge in [-0.25, -0.2) is 0 Å². The molecular weight excluding hydrogens is 365 g/mol. The lowest BCUT2D eigenvalue weighted by Crippen LogP contribution is -2.14. The van der Waals surface area contributed by atoms with Crippen LogP contribution in [-0.2, 0) is 0 Å². The summed E-state index contributed by atoms with van der Waals surface area (Å²) in [6, 6.07) is 8.29. The number of hydrogen-bond acceptors (Lipinski definition) is 3. The summed E-state index contributed by atoms with van der Waals surface area (Å²) in [6.45, 7) is 0. The van der Waals surface area contributed by atoms with Crippen LogP contribution in [-0.4, -0.2) is 5.91 Å². The highest BCUT2D eigenvalue weighted by atomic mass is 79.9. The Balaban J connectivity index is 2.53. The molecule has 20 heavy (non-hydrogen) atoms. The third kappa shape index (κ3) is 3.00. The molecule has 2 aromatic rings. The number of anilines is 3. The first kappa shape index (κ1) is 15.0. The summed E-state index contributed by atoms with van der Waals surface area (Å²) in [5, 5.41) is 3.87. The Morgan fingerprint density at radius 2 is 1.90 bits per heavy atom. The van der Waals surface area contributed by atoms with Crippen molar-refractivity contribution in [1.82, 2.24) is 0 Å². The van der Waals surface area contributed by atoms with Gasteiger partial charge in [-0.1, -0.05) is 29.3 Å². The molecule has 0 aliphatic heterocycles. The van der Waals surface area contributed by atoms with Crippen LogP contribution < -0.4 is 16.8 Å². The lowest BCUT2D eigenvalue weighted by atomic mass is 10.1. The van der Waals surface area contributed by atoms with E-state index in [9.17, 15) is 4.79 Å². The predicted octanol–water partition coefficient (Wildman–Crippen LogP) is 4.18. The van der Waals surface area contributed by atoms with E-state index < -0.39 is 5.91 Å². The Hall–Kier alpha value is -1.43. The molecule has 1 amide bonds. The number of carbonyl (C=O) groups excluding carboxylic acids is 1. The quantitative estimate of drug-likeness (QED) is 0.705. The number of hydrogen-bond donors (Lipinski definition) is 3. The normalized spacial score (nSPS) is 10.3. The molecule has 5 N–H and O–H groups in total. The van der Waals surface area contributed by atoms with Gasteiger partial charge in [-0.15, -0.1) is 0 Å². The lowest BCUT2D eigenvalue weighted by Gasteiger charge is -2.14. The third-order valence-corrected chi connectivity index (χ3v) is 4.28. The van der Waals surface area contributed by atoms with Crippen molar-refractivity contribution in [2.24, 2.45) is 5.73 Å².